The van der Waals surface area contributed by atoms with Crippen LogP contribution in [0.5, 0.6) is 0 Å². The van der Waals surface area contributed by atoms with Gasteiger partial charge in [0.15, 0.2) is 0 Å². The third kappa shape index (κ3) is 14.4. The molecule has 0 unspecified atom stereocenters. The first-order valence-electron chi connectivity index (χ1n) is 12.5. The van der Waals surface area contributed by atoms with Crippen molar-refractivity contribution in [3.05, 3.63) is 70.3 Å². The molecule has 3 N–H and O–H groups in total. The predicted octanol–water partition coefficient (Wildman–Crippen LogP) is 7.43. The Labute approximate surface area is 220 Å². The van der Waals surface area contributed by atoms with Crippen molar-refractivity contribution in [3.63, 3.8) is 0 Å². The largest absolute Gasteiger partial charge is 0.390 e. The van der Waals surface area contributed by atoms with Crippen LogP contribution in [0.4, 0.5) is 8.78 Å². The van der Waals surface area contributed by atoms with Crippen LogP contribution in [0.25, 0.3) is 0 Å². The lowest BCUT2D eigenvalue weighted by molar-refractivity contribution is -0.120. The summed E-state index contributed by atoms with van der Waals surface area (Å²) in [6.45, 7) is 17.1. The van der Waals surface area contributed by atoms with Crippen LogP contribution in [-0.2, 0) is 17.6 Å². The lowest BCUT2D eigenvalue weighted by atomic mass is 9.86. The van der Waals surface area contributed by atoms with Gasteiger partial charge in [0.05, 0.1) is 18.5 Å². The molecule has 3 atom stereocenters. The number of aliphatic hydroxyl groups excluding tert-OH is 1. The van der Waals surface area contributed by atoms with Crippen LogP contribution in [0.1, 0.15) is 84.0 Å². The smallest absolute Gasteiger partial charge is 0.217 e. The fourth-order valence-electron chi connectivity index (χ4n) is 3.43. The van der Waals surface area contributed by atoms with Gasteiger partial charge in [-0.05, 0) is 61.4 Å². The highest BCUT2D eigenvalue weighted by Crippen LogP contribution is 2.35. The summed E-state index contributed by atoms with van der Waals surface area (Å²) in [4.78, 5) is 11.1. The molecule has 2 rings (SSSR count). The van der Waals surface area contributed by atoms with E-state index in [-0.39, 0.29) is 24.3 Å². The molecule has 1 aromatic carbocycles. The van der Waals surface area contributed by atoms with Crippen LogP contribution in [0, 0.1) is 0 Å². The van der Waals surface area contributed by atoms with Gasteiger partial charge in [0, 0.05) is 30.1 Å². The maximum absolute atomic E-state index is 11.9. The number of hydrogen-bond acceptors (Lipinski definition) is 3. The fraction of sp³-hybridized carbons (Fsp3) is 0.536. The van der Waals surface area contributed by atoms with Gasteiger partial charge >= 0.3 is 0 Å². The highest BCUT2D eigenvalue weighted by atomic mass is 79.9. The molecule has 0 saturated carbocycles. The Balaban J connectivity index is 0. The summed E-state index contributed by atoms with van der Waals surface area (Å²) in [7, 11) is 0. The molecule has 0 fully saturated rings. The van der Waals surface area contributed by atoms with Crippen molar-refractivity contribution in [2.45, 2.75) is 92.3 Å². The number of carbonyl (C=O) groups excluding carboxylic acids is 1. The zero-order valence-electron chi connectivity index (χ0n) is 22.4. The number of benzene rings is 1. The third-order valence-electron chi connectivity index (χ3n) is 5.07. The number of carbonyl (C=O) groups is 1. The molecule has 1 aliphatic carbocycles. The average molecular weight is 560 g/mol. The number of halogens is 3. The van der Waals surface area contributed by atoms with Crippen LogP contribution >= 0.6 is 15.9 Å². The van der Waals surface area contributed by atoms with E-state index in [0.29, 0.717) is 12.6 Å². The van der Waals surface area contributed by atoms with E-state index in [4.69, 9.17) is 0 Å². The van der Waals surface area contributed by atoms with E-state index >= 15 is 0 Å². The number of nitrogens with one attached hydrogen (secondary N) is 2. The van der Waals surface area contributed by atoms with Crippen LogP contribution in [0.3, 0.4) is 0 Å². The van der Waals surface area contributed by atoms with Gasteiger partial charge in [-0.3, -0.25) is 4.79 Å². The Kier molecular flexibility index (Phi) is 21.7. The van der Waals surface area contributed by atoms with Gasteiger partial charge in [0.1, 0.15) is 5.83 Å². The molecule has 1 aliphatic rings. The second-order valence-electron chi connectivity index (χ2n) is 7.49. The van der Waals surface area contributed by atoms with Crippen molar-refractivity contribution in [3.8, 4) is 0 Å². The van der Waals surface area contributed by atoms with Gasteiger partial charge < -0.3 is 15.7 Å². The first-order chi connectivity index (χ1) is 16.7. The SMILES string of the molecule is C=C/C=C(F)\C=C\F.CC.CC.CCc1cc(Br)c2c(c1)[C@@H](NC[C@@H](O)[C@H](C)NC(C)=O)CCC2. The number of fused-ring (bicyclic) bond motifs is 1. The second kappa shape index (κ2) is 21.5. The molecule has 0 saturated heterocycles. The van der Waals surface area contributed by atoms with E-state index in [1.165, 1.54) is 34.2 Å². The fourth-order valence-corrected chi connectivity index (χ4v) is 4.15. The predicted molar refractivity (Wildman–Crippen MR) is 149 cm³/mol. The van der Waals surface area contributed by atoms with Crippen molar-refractivity contribution in [1.82, 2.24) is 10.6 Å². The van der Waals surface area contributed by atoms with Crippen molar-refractivity contribution in [1.29, 1.82) is 0 Å². The molecule has 0 spiro atoms. The molecule has 0 heterocycles. The van der Waals surface area contributed by atoms with Crippen LogP contribution in [0.15, 0.2) is 53.6 Å². The van der Waals surface area contributed by atoms with Crippen molar-refractivity contribution < 1.29 is 18.7 Å². The van der Waals surface area contributed by atoms with E-state index < -0.39 is 11.9 Å². The Bertz CT molecular complexity index is 797. The quantitative estimate of drug-likeness (QED) is 0.291. The normalized spacial score (nSPS) is 16.2. The van der Waals surface area contributed by atoms with Gasteiger partial charge in [0.25, 0.3) is 0 Å². The molecular formula is C28H45BrF2N2O2. The van der Waals surface area contributed by atoms with E-state index in [9.17, 15) is 18.7 Å². The summed E-state index contributed by atoms with van der Waals surface area (Å²) < 4.78 is 24.1. The van der Waals surface area contributed by atoms with Crippen LogP contribution in [0.2, 0.25) is 0 Å². The summed E-state index contributed by atoms with van der Waals surface area (Å²) in [5.41, 5.74) is 4.06. The highest BCUT2D eigenvalue weighted by molar-refractivity contribution is 9.10. The van der Waals surface area contributed by atoms with Crippen LogP contribution < -0.4 is 10.6 Å². The second-order valence-corrected chi connectivity index (χ2v) is 8.34. The van der Waals surface area contributed by atoms with Gasteiger partial charge in [0.2, 0.25) is 5.91 Å². The monoisotopic (exact) mass is 558 g/mol. The molecule has 0 aromatic heterocycles. The Hall–Kier alpha value is -1.83. The minimum atomic E-state index is -0.637. The molecule has 1 amide bonds. The number of aliphatic hydroxyl groups is 1. The van der Waals surface area contributed by atoms with E-state index in [2.05, 4.69) is 52.2 Å². The number of allylic oxidation sites excluding steroid dienone is 4. The first-order valence-corrected chi connectivity index (χ1v) is 13.3. The van der Waals surface area contributed by atoms with Crippen molar-refractivity contribution in [2.75, 3.05) is 6.54 Å². The summed E-state index contributed by atoms with van der Waals surface area (Å²) in [6.07, 6.45) is 6.90. The summed E-state index contributed by atoms with van der Waals surface area (Å²) in [5.74, 6) is -0.751. The molecule has 35 heavy (non-hydrogen) atoms. The summed E-state index contributed by atoms with van der Waals surface area (Å²) >= 11 is 3.71. The number of aryl methyl sites for hydroxylation is 1. The lowest BCUT2D eigenvalue weighted by Gasteiger charge is -2.30. The minimum absolute atomic E-state index is 0.115. The topological polar surface area (TPSA) is 61.4 Å². The Morgan fingerprint density at radius 3 is 2.46 bits per heavy atom. The van der Waals surface area contributed by atoms with E-state index in [1.54, 1.807) is 0 Å². The van der Waals surface area contributed by atoms with Gasteiger partial charge in [-0.25, -0.2) is 8.78 Å². The number of rotatable bonds is 8. The Morgan fingerprint density at radius 1 is 1.31 bits per heavy atom. The molecule has 0 aliphatic heterocycles. The first kappa shape index (κ1) is 35.3. The summed E-state index contributed by atoms with van der Waals surface area (Å²) in [6, 6.07) is 4.52. The number of hydrogen-bond donors (Lipinski definition) is 3. The molecule has 0 bridgehead atoms. The van der Waals surface area contributed by atoms with Crippen molar-refractivity contribution >= 4 is 21.8 Å². The zero-order chi connectivity index (χ0) is 27.4. The van der Waals surface area contributed by atoms with Gasteiger partial charge in [-0.2, -0.15) is 0 Å². The standard InChI is InChI=1S/C18H27BrN2O2.C6H6F2.2C2H6/c1-4-13-8-15-14(16(19)9-13)6-5-7-17(15)20-10-18(23)11(2)21-12(3)22;1-2-3-6(8)4-5-7;2*1-2/h8-9,11,17-18,20,23H,4-7,10H2,1-3H3,(H,21,22);2-5H,1H2;2*1-2H3/b;5-4+,6-3+;;/t11-,17-,18+;;;/m0.../s1. The molecule has 7 heteroatoms. The zero-order valence-corrected chi connectivity index (χ0v) is 24.0. The average Bonchev–Trinajstić information content (AvgIpc) is 2.85. The van der Waals surface area contributed by atoms with E-state index in [1.807, 2.05) is 34.6 Å². The maximum atomic E-state index is 11.9. The molecular weight excluding hydrogens is 514 g/mol. The lowest BCUT2D eigenvalue weighted by Crippen LogP contribution is -2.45. The van der Waals surface area contributed by atoms with Gasteiger partial charge in [-0.15, -0.1) is 0 Å². The van der Waals surface area contributed by atoms with Crippen molar-refractivity contribution in [2.24, 2.45) is 0 Å². The van der Waals surface area contributed by atoms with Gasteiger partial charge in [-0.1, -0.05) is 69.3 Å². The maximum Gasteiger partial charge on any atom is 0.217 e. The van der Waals surface area contributed by atoms with E-state index in [0.717, 1.165) is 31.8 Å². The molecule has 1 aromatic rings. The van der Waals surface area contributed by atoms with Crippen LogP contribution in [-0.4, -0.2) is 29.7 Å². The highest BCUT2D eigenvalue weighted by Gasteiger charge is 2.24. The minimum Gasteiger partial charge on any atom is -0.390 e. The number of amides is 1. The third-order valence-corrected chi connectivity index (χ3v) is 5.78. The molecule has 4 nitrogen and oxygen atoms in total. The Morgan fingerprint density at radius 2 is 1.94 bits per heavy atom. The molecule has 200 valence electrons. The summed E-state index contributed by atoms with van der Waals surface area (Å²) in [5, 5.41) is 16.4. The molecule has 0 radical (unpaired) electrons.